The van der Waals surface area contributed by atoms with Crippen LogP contribution in [0.25, 0.3) is 11.1 Å². The van der Waals surface area contributed by atoms with E-state index in [2.05, 4.69) is 165 Å². The van der Waals surface area contributed by atoms with E-state index < -0.39 is 21.3 Å². The third-order valence-electron chi connectivity index (χ3n) is 9.45. The van der Waals surface area contributed by atoms with E-state index in [1.165, 1.54) is 44.5 Å². The summed E-state index contributed by atoms with van der Waals surface area (Å²) < 4.78 is 4.96. The zero-order chi connectivity index (χ0) is 31.4. The maximum absolute atomic E-state index is 2.78. The van der Waals surface area contributed by atoms with Gasteiger partial charge in [-0.3, -0.25) is 0 Å². The average Bonchev–Trinajstić information content (AvgIpc) is 3.61. The van der Waals surface area contributed by atoms with Gasteiger partial charge in [-0.05, 0) is 0 Å². The van der Waals surface area contributed by atoms with Crippen LogP contribution in [0.2, 0.25) is 0 Å². The molecule has 0 N–H and O–H groups in total. The Morgan fingerprint density at radius 1 is 0.591 bits per heavy atom. The van der Waals surface area contributed by atoms with Gasteiger partial charge in [0, 0.05) is 0 Å². The first-order valence-electron chi connectivity index (χ1n) is 16.3. The third-order valence-corrected chi connectivity index (χ3v) is 17.0. The molecule has 0 amide bonds. The van der Waals surface area contributed by atoms with Gasteiger partial charge < -0.3 is 0 Å². The van der Waals surface area contributed by atoms with Crippen molar-refractivity contribution in [3.05, 3.63) is 145 Å². The van der Waals surface area contributed by atoms with E-state index in [1.807, 2.05) is 0 Å². The molecule has 4 aromatic carbocycles. The summed E-state index contributed by atoms with van der Waals surface area (Å²) in [6.07, 6.45) is 7.25. The molecule has 0 atom stereocenters. The van der Waals surface area contributed by atoms with E-state index in [4.69, 9.17) is 0 Å². The van der Waals surface area contributed by atoms with Crippen molar-refractivity contribution in [3.63, 3.8) is 0 Å². The molecule has 0 nitrogen and oxygen atoms in total. The summed E-state index contributed by atoms with van der Waals surface area (Å²) >= 11 is -2.78. The van der Waals surface area contributed by atoms with Gasteiger partial charge in [-0.15, -0.1) is 0 Å². The number of benzene rings is 4. The number of hydrogen-bond donors (Lipinski definition) is 0. The molecule has 4 aromatic rings. The van der Waals surface area contributed by atoms with Crippen molar-refractivity contribution in [1.29, 1.82) is 0 Å². The van der Waals surface area contributed by atoms with E-state index in [0.29, 0.717) is 0 Å². The summed E-state index contributed by atoms with van der Waals surface area (Å²) in [4.78, 5) is 0. The first-order valence-corrected chi connectivity index (χ1v) is 20.0. The molecule has 6 rings (SSSR count). The standard InChI is InChI=1S/C21H25.C13H10.C9H13.Zr/c1-20(2,3)16-9-7-14-11-15-8-10-17(21(4,5)6)13-19(15)18(14)12-16;1-3-7-12(8-4-1)11-13-9-5-2-6-10-13;1-9(2,3)8-6-4-5-7-8;/h7,9-10,12-13H,11H2,1-6H3;1-10H;6-7H,4H2,1-3H3;. The summed E-state index contributed by atoms with van der Waals surface area (Å²) in [6.45, 7) is 21.2. The number of allylic oxidation sites excluding steroid dienone is 4. The molecule has 44 heavy (non-hydrogen) atoms. The monoisotopic (exact) mass is 654 g/mol. The van der Waals surface area contributed by atoms with E-state index in [9.17, 15) is 0 Å². The molecular formula is C43H48Zr. The Morgan fingerprint density at radius 2 is 1.16 bits per heavy atom. The third kappa shape index (κ3) is 6.02. The fourth-order valence-corrected chi connectivity index (χ4v) is 14.8. The Hall–Kier alpha value is -2.89. The van der Waals surface area contributed by atoms with Crippen LogP contribution >= 0.6 is 0 Å². The van der Waals surface area contributed by atoms with Gasteiger partial charge in [-0.2, -0.15) is 0 Å². The van der Waals surface area contributed by atoms with Crippen molar-refractivity contribution in [2.45, 2.75) is 86.0 Å². The first-order chi connectivity index (χ1) is 20.7. The second-order valence-electron chi connectivity index (χ2n) is 15.9. The van der Waals surface area contributed by atoms with Gasteiger partial charge in [-0.1, -0.05) is 0 Å². The van der Waals surface area contributed by atoms with Crippen LogP contribution < -0.4 is 3.27 Å². The Bertz CT molecular complexity index is 1770. The van der Waals surface area contributed by atoms with Crippen molar-refractivity contribution >= 4 is 6.48 Å². The molecule has 0 unspecified atom stereocenters. The summed E-state index contributed by atoms with van der Waals surface area (Å²) in [7, 11) is 0. The molecular weight excluding hydrogens is 608 g/mol. The van der Waals surface area contributed by atoms with Gasteiger partial charge in [0.1, 0.15) is 0 Å². The fraction of sp³-hybridized carbons (Fsp3) is 0.326. The molecule has 0 spiro atoms. The van der Waals surface area contributed by atoms with Crippen molar-refractivity contribution in [2.75, 3.05) is 0 Å². The van der Waals surface area contributed by atoms with Crippen LogP contribution in [0, 0.1) is 5.41 Å². The van der Waals surface area contributed by atoms with Crippen LogP contribution in [0.1, 0.15) is 102 Å². The SMILES string of the molecule is CC(C)(C)C1=CC[C]([Zr](=[C](c2ccccc2)c2ccccc2)[c]2cc(C(C)(C)C)cc3c2Cc2ccc(C(C)(C)C)cc2-3)=C1. The molecule has 2 aliphatic rings. The molecule has 0 bridgehead atoms. The van der Waals surface area contributed by atoms with Gasteiger partial charge in [0.2, 0.25) is 0 Å². The maximum atomic E-state index is 2.66. The molecule has 0 fully saturated rings. The Morgan fingerprint density at radius 3 is 1.68 bits per heavy atom. The minimum absolute atomic E-state index is 0.0565. The molecule has 0 heterocycles. The number of hydrogen-bond acceptors (Lipinski definition) is 0. The Labute approximate surface area is 274 Å². The molecule has 1 heteroatoms. The predicted octanol–water partition coefficient (Wildman–Crippen LogP) is 10.6. The van der Waals surface area contributed by atoms with Crippen molar-refractivity contribution < 1.29 is 21.3 Å². The Kier molecular flexibility index (Phi) is 8.12. The molecule has 224 valence electrons. The second kappa shape index (κ2) is 11.5. The van der Waals surface area contributed by atoms with Gasteiger partial charge >= 0.3 is 276 Å². The van der Waals surface area contributed by atoms with E-state index in [-0.39, 0.29) is 16.2 Å². The zero-order valence-electron chi connectivity index (χ0n) is 28.2. The van der Waals surface area contributed by atoms with Gasteiger partial charge in [0.05, 0.1) is 0 Å². The van der Waals surface area contributed by atoms with Crippen LogP contribution in [0.4, 0.5) is 0 Å². The summed E-state index contributed by atoms with van der Waals surface area (Å²) in [5, 5.41) is 0. The predicted molar refractivity (Wildman–Crippen MR) is 188 cm³/mol. The van der Waals surface area contributed by atoms with Crippen molar-refractivity contribution in [2.24, 2.45) is 5.41 Å². The van der Waals surface area contributed by atoms with Gasteiger partial charge in [0.25, 0.3) is 0 Å². The topological polar surface area (TPSA) is 0 Å². The van der Waals surface area contributed by atoms with E-state index in [1.54, 1.807) is 15.3 Å². The van der Waals surface area contributed by atoms with Crippen LogP contribution in [-0.4, -0.2) is 3.21 Å². The first kappa shape index (κ1) is 31.1. The van der Waals surface area contributed by atoms with Crippen molar-refractivity contribution in [3.8, 4) is 11.1 Å². The molecule has 0 aromatic heterocycles. The zero-order valence-corrected chi connectivity index (χ0v) is 30.7. The second-order valence-corrected chi connectivity index (χ2v) is 21.8. The molecule has 0 saturated heterocycles. The summed E-state index contributed by atoms with van der Waals surface area (Å²) in [6, 6.07) is 35.1. The summed E-state index contributed by atoms with van der Waals surface area (Å²) in [5.74, 6) is 0. The normalized spacial score (nSPS) is 14.6. The summed E-state index contributed by atoms with van der Waals surface area (Å²) in [5.41, 5.74) is 13.5. The quantitative estimate of drug-likeness (QED) is 0.181. The molecule has 0 radical (unpaired) electrons. The Balaban J connectivity index is 1.73. The van der Waals surface area contributed by atoms with Crippen LogP contribution in [0.5, 0.6) is 0 Å². The molecule has 0 aliphatic heterocycles. The van der Waals surface area contributed by atoms with E-state index >= 15 is 0 Å². The molecule has 0 saturated carbocycles. The molecule has 2 aliphatic carbocycles. The van der Waals surface area contributed by atoms with Gasteiger partial charge in [-0.25, -0.2) is 0 Å². The van der Waals surface area contributed by atoms with E-state index in [0.717, 1.165) is 12.8 Å². The minimum atomic E-state index is -2.78. The van der Waals surface area contributed by atoms with Crippen molar-refractivity contribution in [1.82, 2.24) is 0 Å². The number of rotatable bonds is 4. The number of fused-ring (bicyclic) bond motifs is 3. The fourth-order valence-electron chi connectivity index (χ4n) is 6.75. The van der Waals surface area contributed by atoms with Crippen LogP contribution in [-0.2, 0) is 38.5 Å². The average molecular weight is 656 g/mol. The van der Waals surface area contributed by atoms with Crippen LogP contribution in [0.3, 0.4) is 0 Å². The van der Waals surface area contributed by atoms with Gasteiger partial charge in [0.15, 0.2) is 0 Å². The van der Waals surface area contributed by atoms with Crippen LogP contribution in [0.15, 0.2) is 112 Å².